The zero-order valence-electron chi connectivity index (χ0n) is 11.9. The van der Waals surface area contributed by atoms with Crippen LogP contribution >= 0.6 is 0 Å². The van der Waals surface area contributed by atoms with Crippen LogP contribution in [0.2, 0.25) is 0 Å². The molecule has 2 rings (SSSR count). The standard InChI is InChI=1S/C15H19F3N2O/c1-19-9-12-10-20(14-6-3-2-5-13(12)14)7-4-8-21-11-15(16,17)18/h2-3,5-6,10,19H,4,7-9,11H2,1H3. The molecule has 2 aromatic rings. The normalized spacial score (nSPS) is 12.2. The Morgan fingerprint density at radius 2 is 2.00 bits per heavy atom. The average molecular weight is 300 g/mol. The predicted octanol–water partition coefficient (Wildman–Crippen LogP) is 3.33. The number of aromatic nitrogens is 1. The van der Waals surface area contributed by atoms with Gasteiger partial charge in [-0.25, -0.2) is 0 Å². The van der Waals surface area contributed by atoms with Gasteiger partial charge < -0.3 is 14.6 Å². The Kier molecular flexibility index (Phi) is 5.25. The Morgan fingerprint density at radius 1 is 1.24 bits per heavy atom. The van der Waals surface area contributed by atoms with Crippen molar-refractivity contribution in [1.82, 2.24) is 9.88 Å². The lowest BCUT2D eigenvalue weighted by molar-refractivity contribution is -0.174. The third-order valence-electron chi connectivity index (χ3n) is 3.19. The summed E-state index contributed by atoms with van der Waals surface area (Å²) in [4.78, 5) is 0. The molecule has 1 N–H and O–H groups in total. The van der Waals surface area contributed by atoms with E-state index >= 15 is 0 Å². The van der Waals surface area contributed by atoms with Gasteiger partial charge in [0, 0.05) is 36.8 Å². The third-order valence-corrected chi connectivity index (χ3v) is 3.19. The molecule has 1 aromatic carbocycles. The minimum absolute atomic E-state index is 0.105. The first-order valence-corrected chi connectivity index (χ1v) is 6.87. The minimum atomic E-state index is -4.25. The van der Waals surface area contributed by atoms with E-state index in [0.717, 1.165) is 12.1 Å². The highest BCUT2D eigenvalue weighted by atomic mass is 19.4. The molecule has 1 heterocycles. The molecule has 21 heavy (non-hydrogen) atoms. The van der Waals surface area contributed by atoms with Crippen molar-refractivity contribution in [1.29, 1.82) is 0 Å². The van der Waals surface area contributed by atoms with Gasteiger partial charge in [-0.3, -0.25) is 0 Å². The topological polar surface area (TPSA) is 26.2 Å². The average Bonchev–Trinajstić information content (AvgIpc) is 2.77. The van der Waals surface area contributed by atoms with Crippen molar-refractivity contribution in [2.75, 3.05) is 20.3 Å². The van der Waals surface area contributed by atoms with E-state index in [-0.39, 0.29) is 6.61 Å². The number of alkyl halides is 3. The van der Waals surface area contributed by atoms with E-state index in [0.29, 0.717) is 13.0 Å². The van der Waals surface area contributed by atoms with Crippen molar-refractivity contribution < 1.29 is 17.9 Å². The summed E-state index contributed by atoms with van der Waals surface area (Å²) in [6.45, 7) is 0.331. The summed E-state index contributed by atoms with van der Waals surface area (Å²) in [5.74, 6) is 0. The van der Waals surface area contributed by atoms with Crippen LogP contribution in [0, 0.1) is 0 Å². The molecule has 0 aliphatic rings. The quantitative estimate of drug-likeness (QED) is 0.794. The number of nitrogens with one attached hydrogen (secondary N) is 1. The first-order valence-electron chi connectivity index (χ1n) is 6.87. The second-order valence-electron chi connectivity index (χ2n) is 4.92. The van der Waals surface area contributed by atoms with Crippen LogP contribution in [-0.4, -0.2) is 31.0 Å². The number of hydrogen-bond donors (Lipinski definition) is 1. The van der Waals surface area contributed by atoms with Crippen molar-refractivity contribution in [2.24, 2.45) is 0 Å². The van der Waals surface area contributed by atoms with Gasteiger partial charge in [-0.05, 0) is 25.1 Å². The highest BCUT2D eigenvalue weighted by Crippen LogP contribution is 2.21. The Bertz CT molecular complexity index is 578. The molecule has 0 fully saturated rings. The molecule has 0 unspecified atom stereocenters. The van der Waals surface area contributed by atoms with Crippen molar-refractivity contribution in [3.05, 3.63) is 36.0 Å². The zero-order valence-corrected chi connectivity index (χ0v) is 11.9. The van der Waals surface area contributed by atoms with Crippen LogP contribution in [-0.2, 0) is 17.8 Å². The van der Waals surface area contributed by atoms with E-state index in [1.165, 1.54) is 10.9 Å². The number of benzene rings is 1. The Morgan fingerprint density at radius 3 is 2.71 bits per heavy atom. The molecule has 1 aromatic heterocycles. The Labute approximate surface area is 121 Å². The summed E-state index contributed by atoms with van der Waals surface area (Å²) >= 11 is 0. The molecule has 116 valence electrons. The fourth-order valence-corrected chi connectivity index (χ4v) is 2.36. The monoisotopic (exact) mass is 300 g/mol. The fourth-order valence-electron chi connectivity index (χ4n) is 2.36. The van der Waals surface area contributed by atoms with Gasteiger partial charge in [-0.2, -0.15) is 13.2 Å². The largest absolute Gasteiger partial charge is 0.411 e. The molecule has 0 saturated heterocycles. The number of halogens is 3. The van der Waals surface area contributed by atoms with Crippen LogP contribution in [0.3, 0.4) is 0 Å². The molecule has 3 nitrogen and oxygen atoms in total. The molecule has 0 amide bonds. The minimum Gasteiger partial charge on any atom is -0.372 e. The zero-order chi connectivity index (χ0) is 15.3. The maximum Gasteiger partial charge on any atom is 0.411 e. The number of fused-ring (bicyclic) bond motifs is 1. The molecular formula is C15H19F3N2O. The maximum absolute atomic E-state index is 12.0. The van der Waals surface area contributed by atoms with Crippen molar-refractivity contribution in [3.8, 4) is 0 Å². The first kappa shape index (κ1) is 15.9. The summed E-state index contributed by atoms with van der Waals surface area (Å²) in [5.41, 5.74) is 2.28. The number of ether oxygens (including phenoxy) is 1. The van der Waals surface area contributed by atoms with Gasteiger partial charge in [0.2, 0.25) is 0 Å². The van der Waals surface area contributed by atoms with Crippen molar-refractivity contribution >= 4 is 10.9 Å². The molecule has 0 aliphatic heterocycles. The van der Waals surface area contributed by atoms with Crippen molar-refractivity contribution in [2.45, 2.75) is 25.7 Å². The summed E-state index contributed by atoms with van der Waals surface area (Å²) < 4.78 is 42.6. The van der Waals surface area contributed by atoms with Gasteiger partial charge >= 0.3 is 6.18 Å². The molecule has 0 saturated carbocycles. The van der Waals surface area contributed by atoms with E-state index in [1.54, 1.807) is 0 Å². The second kappa shape index (κ2) is 6.95. The van der Waals surface area contributed by atoms with Crippen LogP contribution in [0.5, 0.6) is 0 Å². The van der Waals surface area contributed by atoms with E-state index < -0.39 is 12.8 Å². The molecule has 0 spiro atoms. The van der Waals surface area contributed by atoms with Gasteiger partial charge in [0.05, 0.1) is 0 Å². The Balaban J connectivity index is 1.96. The summed E-state index contributed by atoms with van der Waals surface area (Å²) in [6, 6.07) is 8.02. The van der Waals surface area contributed by atoms with E-state index in [2.05, 4.69) is 20.7 Å². The van der Waals surface area contributed by atoms with Gasteiger partial charge in [-0.15, -0.1) is 0 Å². The van der Waals surface area contributed by atoms with Gasteiger partial charge in [-0.1, -0.05) is 18.2 Å². The van der Waals surface area contributed by atoms with E-state index in [1.807, 2.05) is 31.4 Å². The molecule has 0 radical (unpaired) electrons. The maximum atomic E-state index is 12.0. The van der Waals surface area contributed by atoms with Crippen LogP contribution in [0.25, 0.3) is 10.9 Å². The number of rotatable bonds is 7. The highest BCUT2D eigenvalue weighted by molar-refractivity contribution is 5.83. The third kappa shape index (κ3) is 4.47. The van der Waals surface area contributed by atoms with Crippen LogP contribution in [0.15, 0.2) is 30.5 Å². The summed E-state index contributed by atoms with van der Waals surface area (Å²) in [7, 11) is 1.89. The smallest absolute Gasteiger partial charge is 0.372 e. The predicted molar refractivity (Wildman–Crippen MR) is 76.2 cm³/mol. The van der Waals surface area contributed by atoms with Crippen LogP contribution in [0.1, 0.15) is 12.0 Å². The molecule has 0 atom stereocenters. The SMILES string of the molecule is CNCc1cn(CCCOCC(F)(F)F)c2ccccc12. The number of para-hydroxylation sites is 1. The second-order valence-corrected chi connectivity index (χ2v) is 4.92. The molecule has 0 bridgehead atoms. The number of nitrogens with zero attached hydrogens (tertiary/aromatic N) is 1. The van der Waals surface area contributed by atoms with Gasteiger partial charge in [0.25, 0.3) is 0 Å². The van der Waals surface area contributed by atoms with Gasteiger partial charge in [0.15, 0.2) is 0 Å². The number of aryl methyl sites for hydroxylation is 1. The van der Waals surface area contributed by atoms with Crippen LogP contribution in [0.4, 0.5) is 13.2 Å². The molecule has 0 aliphatic carbocycles. The lowest BCUT2D eigenvalue weighted by atomic mass is 10.2. The fraction of sp³-hybridized carbons (Fsp3) is 0.467. The highest BCUT2D eigenvalue weighted by Gasteiger charge is 2.27. The first-order chi connectivity index (χ1) is 10.0. The van der Waals surface area contributed by atoms with Crippen molar-refractivity contribution in [3.63, 3.8) is 0 Å². The van der Waals surface area contributed by atoms with E-state index in [9.17, 15) is 13.2 Å². The lowest BCUT2D eigenvalue weighted by Gasteiger charge is -2.08. The Hall–Kier alpha value is -1.53. The number of hydrogen-bond acceptors (Lipinski definition) is 2. The van der Waals surface area contributed by atoms with Gasteiger partial charge in [0.1, 0.15) is 6.61 Å². The molecular weight excluding hydrogens is 281 g/mol. The van der Waals surface area contributed by atoms with Crippen LogP contribution < -0.4 is 5.32 Å². The summed E-state index contributed by atoms with van der Waals surface area (Å²) in [6.07, 6.45) is -1.65. The van der Waals surface area contributed by atoms with E-state index in [4.69, 9.17) is 0 Å². The summed E-state index contributed by atoms with van der Waals surface area (Å²) in [5, 5.41) is 4.29. The molecule has 6 heteroatoms. The lowest BCUT2D eigenvalue weighted by Crippen LogP contribution is -2.17.